The van der Waals surface area contributed by atoms with Crippen LogP contribution in [0.4, 0.5) is 0 Å². The van der Waals surface area contributed by atoms with Crippen LogP contribution in [0.3, 0.4) is 0 Å². The summed E-state index contributed by atoms with van der Waals surface area (Å²) in [6.07, 6.45) is 0. The number of carbonyl (C=O) groups is 1. The Hall–Kier alpha value is -2.00. The fraction of sp³-hybridized carbons (Fsp3) is 0.133. The van der Waals surface area contributed by atoms with E-state index in [1.165, 1.54) is 0 Å². The summed E-state index contributed by atoms with van der Waals surface area (Å²) in [6.45, 7) is 0. The predicted octanol–water partition coefficient (Wildman–Crippen LogP) is 3.75. The van der Waals surface area contributed by atoms with Crippen LogP contribution in [0.2, 0.25) is 0 Å². The molecule has 0 spiro atoms. The maximum atomic E-state index is 11.2. The maximum absolute atomic E-state index is 11.2. The van der Waals surface area contributed by atoms with Gasteiger partial charge < -0.3 is 9.47 Å². The van der Waals surface area contributed by atoms with E-state index in [0.717, 1.165) is 16.9 Å². The lowest BCUT2D eigenvalue weighted by molar-refractivity contribution is 0.108. The van der Waals surface area contributed by atoms with Crippen LogP contribution in [-0.4, -0.2) is 19.5 Å². The van der Waals surface area contributed by atoms with Crippen LogP contribution in [-0.2, 0) is 0 Å². The molecule has 0 atom stereocenters. The zero-order valence-electron chi connectivity index (χ0n) is 10.6. The third-order valence-corrected chi connectivity index (χ3v) is 3.05. The zero-order chi connectivity index (χ0) is 13.8. The van der Waals surface area contributed by atoms with Gasteiger partial charge in [0.05, 0.1) is 14.2 Å². The van der Waals surface area contributed by atoms with Crippen molar-refractivity contribution in [3.8, 4) is 22.6 Å². The minimum atomic E-state index is -0.489. The molecule has 2 aromatic carbocycles. The van der Waals surface area contributed by atoms with Gasteiger partial charge in [0.1, 0.15) is 11.5 Å². The minimum absolute atomic E-state index is 0.438. The lowest BCUT2D eigenvalue weighted by atomic mass is 10.0. The van der Waals surface area contributed by atoms with Crippen molar-refractivity contribution in [3.05, 3.63) is 48.0 Å². The molecule has 3 nitrogen and oxygen atoms in total. The van der Waals surface area contributed by atoms with Gasteiger partial charge >= 0.3 is 0 Å². The number of hydrogen-bond donors (Lipinski definition) is 0. The van der Waals surface area contributed by atoms with Crippen molar-refractivity contribution in [1.29, 1.82) is 0 Å². The van der Waals surface area contributed by atoms with Crippen molar-refractivity contribution in [1.82, 2.24) is 0 Å². The lowest BCUT2D eigenvalue weighted by Crippen LogP contribution is -1.93. The molecule has 0 saturated heterocycles. The molecule has 0 radical (unpaired) electrons. The Labute approximate surface area is 116 Å². The number of benzene rings is 2. The molecule has 0 aliphatic rings. The average Bonchev–Trinajstić information content (AvgIpc) is 2.46. The molecule has 19 heavy (non-hydrogen) atoms. The highest BCUT2D eigenvalue weighted by Gasteiger charge is 2.10. The van der Waals surface area contributed by atoms with Crippen molar-refractivity contribution in [2.45, 2.75) is 0 Å². The van der Waals surface area contributed by atoms with Crippen LogP contribution in [0.15, 0.2) is 42.5 Å². The lowest BCUT2D eigenvalue weighted by Gasteiger charge is -2.10. The van der Waals surface area contributed by atoms with Crippen LogP contribution in [0.5, 0.6) is 11.5 Å². The molecule has 4 heteroatoms. The van der Waals surface area contributed by atoms with Crippen molar-refractivity contribution in [3.63, 3.8) is 0 Å². The molecule has 0 aliphatic heterocycles. The molecule has 0 unspecified atom stereocenters. The van der Waals surface area contributed by atoms with E-state index < -0.39 is 5.24 Å². The quantitative estimate of drug-likeness (QED) is 0.798. The standard InChI is InChI=1S/C15H13ClO3/c1-18-12-6-3-10(4-7-12)13-9-11(15(16)17)5-8-14(13)19-2/h3-9H,1-2H3. The van der Waals surface area contributed by atoms with Crippen LogP contribution in [0.25, 0.3) is 11.1 Å². The molecule has 0 fully saturated rings. The van der Waals surface area contributed by atoms with E-state index in [0.29, 0.717) is 11.3 Å². The first kappa shape index (κ1) is 13.4. The summed E-state index contributed by atoms with van der Waals surface area (Å²) in [6, 6.07) is 12.6. The topological polar surface area (TPSA) is 35.5 Å². The fourth-order valence-corrected chi connectivity index (χ4v) is 1.94. The van der Waals surface area contributed by atoms with Crippen LogP contribution >= 0.6 is 11.6 Å². The molecular weight excluding hydrogens is 264 g/mol. The molecule has 2 aromatic rings. The van der Waals surface area contributed by atoms with Crippen LogP contribution < -0.4 is 9.47 Å². The van der Waals surface area contributed by atoms with Gasteiger partial charge in [0.25, 0.3) is 5.24 Å². The average molecular weight is 277 g/mol. The van der Waals surface area contributed by atoms with Crippen molar-refractivity contribution < 1.29 is 14.3 Å². The van der Waals surface area contributed by atoms with Crippen LogP contribution in [0.1, 0.15) is 10.4 Å². The van der Waals surface area contributed by atoms with Gasteiger partial charge in [-0.2, -0.15) is 0 Å². The summed E-state index contributed by atoms with van der Waals surface area (Å²) in [7, 11) is 3.20. The first-order chi connectivity index (χ1) is 9.15. The van der Waals surface area contributed by atoms with Gasteiger partial charge in [0.15, 0.2) is 0 Å². The molecule has 0 heterocycles. The van der Waals surface area contributed by atoms with Crippen molar-refractivity contribution >= 4 is 16.8 Å². The van der Waals surface area contributed by atoms with Gasteiger partial charge in [-0.25, -0.2) is 0 Å². The van der Waals surface area contributed by atoms with Gasteiger partial charge in [-0.1, -0.05) is 12.1 Å². The largest absolute Gasteiger partial charge is 0.497 e. The molecule has 2 rings (SSSR count). The molecular formula is C15H13ClO3. The molecule has 0 amide bonds. The zero-order valence-corrected chi connectivity index (χ0v) is 11.4. The number of hydrogen-bond acceptors (Lipinski definition) is 3. The summed E-state index contributed by atoms with van der Waals surface area (Å²) in [5, 5.41) is -0.489. The second-order valence-corrected chi connectivity index (χ2v) is 4.26. The molecule has 0 aliphatic carbocycles. The van der Waals surface area contributed by atoms with E-state index in [-0.39, 0.29) is 0 Å². The van der Waals surface area contributed by atoms with E-state index >= 15 is 0 Å². The first-order valence-electron chi connectivity index (χ1n) is 5.68. The Kier molecular flexibility index (Phi) is 4.07. The summed E-state index contributed by atoms with van der Waals surface area (Å²) >= 11 is 5.51. The van der Waals surface area contributed by atoms with Crippen molar-refractivity contribution in [2.75, 3.05) is 14.2 Å². The number of methoxy groups -OCH3 is 2. The predicted molar refractivity (Wildman–Crippen MR) is 75.2 cm³/mol. The monoisotopic (exact) mass is 276 g/mol. The number of ether oxygens (including phenoxy) is 2. The van der Waals surface area contributed by atoms with Crippen molar-refractivity contribution in [2.24, 2.45) is 0 Å². The molecule has 0 aromatic heterocycles. The van der Waals surface area contributed by atoms with E-state index in [1.807, 2.05) is 24.3 Å². The smallest absolute Gasteiger partial charge is 0.252 e. The fourth-order valence-electron chi connectivity index (χ4n) is 1.83. The van der Waals surface area contributed by atoms with Gasteiger partial charge in [0.2, 0.25) is 0 Å². The summed E-state index contributed by atoms with van der Waals surface area (Å²) in [5.74, 6) is 1.46. The Morgan fingerprint density at radius 3 is 2.21 bits per heavy atom. The van der Waals surface area contributed by atoms with E-state index in [2.05, 4.69) is 0 Å². The normalized spacial score (nSPS) is 10.1. The second kappa shape index (κ2) is 5.76. The maximum Gasteiger partial charge on any atom is 0.252 e. The summed E-state index contributed by atoms with van der Waals surface area (Å²) < 4.78 is 10.4. The Morgan fingerprint density at radius 1 is 1.00 bits per heavy atom. The third kappa shape index (κ3) is 2.88. The number of rotatable bonds is 4. The van der Waals surface area contributed by atoms with Gasteiger partial charge in [-0.15, -0.1) is 0 Å². The Morgan fingerprint density at radius 2 is 1.68 bits per heavy atom. The highest BCUT2D eigenvalue weighted by Crippen LogP contribution is 2.32. The molecule has 0 saturated carbocycles. The molecule has 98 valence electrons. The van der Waals surface area contributed by atoms with E-state index in [9.17, 15) is 4.79 Å². The molecule has 0 bridgehead atoms. The van der Waals surface area contributed by atoms with Gasteiger partial charge in [-0.05, 0) is 47.5 Å². The first-order valence-corrected chi connectivity index (χ1v) is 6.06. The highest BCUT2D eigenvalue weighted by molar-refractivity contribution is 6.67. The van der Waals surface area contributed by atoms with E-state index in [1.54, 1.807) is 32.4 Å². The minimum Gasteiger partial charge on any atom is -0.497 e. The van der Waals surface area contributed by atoms with Gasteiger partial charge in [0, 0.05) is 11.1 Å². The van der Waals surface area contributed by atoms with Gasteiger partial charge in [-0.3, -0.25) is 4.79 Å². The summed E-state index contributed by atoms with van der Waals surface area (Å²) in [5.41, 5.74) is 2.18. The second-order valence-electron chi connectivity index (χ2n) is 3.92. The Bertz CT molecular complexity index is 591. The number of halogens is 1. The summed E-state index contributed by atoms with van der Waals surface area (Å²) in [4.78, 5) is 11.2. The Balaban J connectivity index is 2.51. The highest BCUT2D eigenvalue weighted by atomic mass is 35.5. The van der Waals surface area contributed by atoms with E-state index in [4.69, 9.17) is 21.1 Å². The number of carbonyl (C=O) groups excluding carboxylic acids is 1. The molecule has 0 N–H and O–H groups in total. The third-order valence-electron chi connectivity index (χ3n) is 2.83. The van der Waals surface area contributed by atoms with Crippen LogP contribution in [0, 0.1) is 0 Å². The SMILES string of the molecule is COc1ccc(-c2cc(C(=O)Cl)ccc2OC)cc1.